The maximum Gasteiger partial charge on any atom is -0.0272 e. The lowest BCUT2D eigenvalue weighted by molar-refractivity contribution is 0.499. The lowest BCUT2D eigenvalue weighted by Gasteiger charge is -2.18. The lowest BCUT2D eigenvalue weighted by Crippen LogP contribution is -2.03. The van der Waals surface area contributed by atoms with Crippen molar-refractivity contribution in [3.05, 3.63) is 12.3 Å². The Balaban J connectivity index is 2.21. The van der Waals surface area contributed by atoms with Crippen molar-refractivity contribution in [2.45, 2.75) is 46.0 Å². The second-order valence-corrected chi connectivity index (χ2v) is 3.60. The van der Waals surface area contributed by atoms with Crippen molar-refractivity contribution in [3.63, 3.8) is 0 Å². The Hall–Kier alpha value is 0. The fraction of sp³-hybridized carbons (Fsp3) is 0.800. The van der Waals surface area contributed by atoms with E-state index in [-0.39, 0.29) is 0 Å². The highest BCUT2D eigenvalue weighted by atomic mass is 14.2. The van der Waals surface area contributed by atoms with Crippen LogP contribution in [-0.4, -0.2) is 0 Å². The van der Waals surface area contributed by atoms with Gasteiger partial charge in [-0.25, -0.2) is 0 Å². The molecule has 0 nitrogen and oxygen atoms in total. The maximum absolute atomic E-state index is 2.47. The first-order valence-corrected chi connectivity index (χ1v) is 4.43. The largest absolute Gasteiger partial charge is 0.0622 e. The summed E-state index contributed by atoms with van der Waals surface area (Å²) in [7, 11) is 0. The molecular formula is C10H18. The third-order valence-corrected chi connectivity index (χ3v) is 2.40. The Morgan fingerprint density at radius 3 is 3.00 bits per heavy atom. The molecular weight excluding hydrogens is 120 g/mol. The van der Waals surface area contributed by atoms with Gasteiger partial charge in [-0.2, -0.15) is 0 Å². The zero-order valence-electron chi connectivity index (χ0n) is 7.19. The Morgan fingerprint density at radius 2 is 2.20 bits per heavy atom. The number of rotatable bonds is 0. The Bertz CT molecular complexity index is 66.0. The SMILES string of the molecule is C[C]1CC[CH]C(C)CCC1. The molecule has 1 fully saturated rings. The summed E-state index contributed by atoms with van der Waals surface area (Å²) < 4.78 is 0. The molecule has 0 aromatic rings. The van der Waals surface area contributed by atoms with Crippen LogP contribution in [0, 0.1) is 18.3 Å². The van der Waals surface area contributed by atoms with Crippen molar-refractivity contribution in [3.8, 4) is 0 Å². The summed E-state index contributed by atoms with van der Waals surface area (Å²) in [4.78, 5) is 0. The van der Waals surface area contributed by atoms with E-state index in [1.54, 1.807) is 5.92 Å². The maximum atomic E-state index is 2.47. The molecule has 1 saturated carbocycles. The monoisotopic (exact) mass is 138 g/mol. The van der Waals surface area contributed by atoms with Crippen LogP contribution in [0.15, 0.2) is 0 Å². The van der Waals surface area contributed by atoms with Gasteiger partial charge in [-0.1, -0.05) is 26.7 Å². The van der Waals surface area contributed by atoms with Gasteiger partial charge >= 0.3 is 0 Å². The predicted octanol–water partition coefficient (Wildman–Crippen LogP) is 3.39. The van der Waals surface area contributed by atoms with Gasteiger partial charge in [0.05, 0.1) is 0 Å². The van der Waals surface area contributed by atoms with Crippen LogP contribution in [0.25, 0.3) is 0 Å². The number of hydrogen-bond acceptors (Lipinski definition) is 0. The van der Waals surface area contributed by atoms with Crippen LogP contribution in [0.2, 0.25) is 0 Å². The number of hydrogen-bond donors (Lipinski definition) is 0. The van der Waals surface area contributed by atoms with E-state index in [2.05, 4.69) is 20.3 Å². The van der Waals surface area contributed by atoms with Gasteiger partial charge in [-0.05, 0) is 37.5 Å². The average molecular weight is 138 g/mol. The highest BCUT2D eigenvalue weighted by molar-refractivity contribution is 4.89. The minimum Gasteiger partial charge on any atom is -0.0622 e. The highest BCUT2D eigenvalue weighted by Gasteiger charge is 2.10. The first kappa shape index (κ1) is 8.10. The average Bonchev–Trinajstić information content (AvgIpc) is 1.84. The second-order valence-electron chi connectivity index (χ2n) is 3.60. The minimum atomic E-state index is 0.869. The van der Waals surface area contributed by atoms with E-state index in [1.807, 2.05) is 0 Å². The molecule has 1 aliphatic carbocycles. The van der Waals surface area contributed by atoms with Crippen molar-refractivity contribution >= 4 is 0 Å². The van der Waals surface area contributed by atoms with Gasteiger partial charge in [0.25, 0.3) is 0 Å². The lowest BCUT2D eigenvalue weighted by atomic mass is 9.88. The van der Waals surface area contributed by atoms with E-state index in [0.717, 1.165) is 5.92 Å². The van der Waals surface area contributed by atoms with Crippen molar-refractivity contribution in [2.75, 3.05) is 0 Å². The van der Waals surface area contributed by atoms with Crippen LogP contribution >= 0.6 is 0 Å². The molecule has 10 heavy (non-hydrogen) atoms. The molecule has 0 saturated heterocycles. The van der Waals surface area contributed by atoms with Crippen LogP contribution in [-0.2, 0) is 0 Å². The zero-order valence-corrected chi connectivity index (χ0v) is 7.19. The van der Waals surface area contributed by atoms with Crippen LogP contribution in [0.3, 0.4) is 0 Å². The third-order valence-electron chi connectivity index (χ3n) is 2.40. The van der Waals surface area contributed by atoms with E-state index in [4.69, 9.17) is 0 Å². The van der Waals surface area contributed by atoms with E-state index in [9.17, 15) is 0 Å². The molecule has 0 bridgehead atoms. The Labute approximate surface area is 65.0 Å². The molecule has 0 amide bonds. The van der Waals surface area contributed by atoms with Gasteiger partial charge in [0, 0.05) is 0 Å². The molecule has 2 radical (unpaired) electrons. The molecule has 1 unspecified atom stereocenters. The van der Waals surface area contributed by atoms with Gasteiger partial charge in [0.2, 0.25) is 0 Å². The van der Waals surface area contributed by atoms with Gasteiger partial charge in [-0.15, -0.1) is 0 Å². The highest BCUT2D eigenvalue weighted by Crippen LogP contribution is 2.25. The molecule has 0 N–H and O–H groups in total. The molecule has 0 aromatic heterocycles. The van der Waals surface area contributed by atoms with Crippen LogP contribution < -0.4 is 0 Å². The van der Waals surface area contributed by atoms with Gasteiger partial charge in [0.1, 0.15) is 0 Å². The first-order chi connectivity index (χ1) is 4.79. The summed E-state index contributed by atoms with van der Waals surface area (Å²) in [6, 6.07) is 0. The standard InChI is InChI=1S/C10H18/c1-9-5-3-7-10(2)8-4-6-9/h5,9H,3-4,6-8H2,1-2H3. The summed E-state index contributed by atoms with van der Waals surface area (Å²) in [5.74, 6) is 2.57. The molecule has 1 aliphatic rings. The smallest absolute Gasteiger partial charge is 0.0272 e. The topological polar surface area (TPSA) is 0 Å². The quantitative estimate of drug-likeness (QED) is 0.481. The summed E-state index contributed by atoms with van der Waals surface area (Å²) >= 11 is 0. The van der Waals surface area contributed by atoms with Crippen LogP contribution in [0.4, 0.5) is 0 Å². The molecule has 0 heteroatoms. The molecule has 0 spiro atoms. The minimum absolute atomic E-state index is 0.869. The molecule has 58 valence electrons. The Morgan fingerprint density at radius 1 is 1.40 bits per heavy atom. The van der Waals surface area contributed by atoms with Crippen molar-refractivity contribution in [1.29, 1.82) is 0 Å². The summed E-state index contributed by atoms with van der Waals surface area (Å²) in [6.07, 6.45) is 9.30. The fourth-order valence-corrected chi connectivity index (χ4v) is 1.58. The van der Waals surface area contributed by atoms with E-state index >= 15 is 0 Å². The van der Waals surface area contributed by atoms with Crippen LogP contribution in [0.5, 0.6) is 0 Å². The van der Waals surface area contributed by atoms with E-state index in [0.29, 0.717) is 0 Å². The Kier molecular flexibility index (Phi) is 3.24. The third kappa shape index (κ3) is 2.72. The van der Waals surface area contributed by atoms with Gasteiger partial charge < -0.3 is 0 Å². The normalized spacial score (nSPS) is 25.8. The first-order valence-electron chi connectivity index (χ1n) is 4.43. The molecule has 0 aromatic carbocycles. The molecule has 1 atom stereocenters. The fourth-order valence-electron chi connectivity index (χ4n) is 1.58. The summed E-state index contributed by atoms with van der Waals surface area (Å²) in [5, 5.41) is 0. The van der Waals surface area contributed by atoms with E-state index in [1.165, 1.54) is 32.1 Å². The van der Waals surface area contributed by atoms with Crippen molar-refractivity contribution < 1.29 is 0 Å². The second kappa shape index (κ2) is 4.00. The van der Waals surface area contributed by atoms with Crippen LogP contribution in [0.1, 0.15) is 46.0 Å². The van der Waals surface area contributed by atoms with Gasteiger partial charge in [0.15, 0.2) is 0 Å². The zero-order chi connectivity index (χ0) is 7.40. The summed E-state index contributed by atoms with van der Waals surface area (Å²) in [6.45, 7) is 4.63. The van der Waals surface area contributed by atoms with Gasteiger partial charge in [-0.3, -0.25) is 0 Å². The summed E-state index contributed by atoms with van der Waals surface area (Å²) in [5.41, 5.74) is 0. The molecule has 0 heterocycles. The predicted molar refractivity (Wildman–Crippen MR) is 45.5 cm³/mol. The van der Waals surface area contributed by atoms with Crippen molar-refractivity contribution in [2.24, 2.45) is 5.92 Å². The van der Waals surface area contributed by atoms with Crippen molar-refractivity contribution in [1.82, 2.24) is 0 Å². The molecule has 0 aliphatic heterocycles. The molecule has 1 rings (SSSR count). The van der Waals surface area contributed by atoms with E-state index < -0.39 is 0 Å².